The molecule has 1 saturated heterocycles. The number of carbonyl (C=O) groups is 1. The van der Waals surface area contributed by atoms with Crippen LogP contribution < -0.4 is 4.74 Å². The molecule has 0 unspecified atom stereocenters. The molecule has 1 fully saturated rings. The molecule has 0 aliphatic carbocycles. The van der Waals surface area contributed by atoms with Gasteiger partial charge in [-0.2, -0.15) is 0 Å². The second-order valence-electron chi connectivity index (χ2n) is 5.75. The molecule has 2 aromatic heterocycles. The average Bonchev–Trinajstić information content (AvgIpc) is 3.23. The summed E-state index contributed by atoms with van der Waals surface area (Å²) in [5, 5.41) is 3.02. The van der Waals surface area contributed by atoms with Crippen molar-refractivity contribution in [2.75, 3.05) is 13.1 Å². The molecule has 0 N–H and O–H groups in total. The summed E-state index contributed by atoms with van der Waals surface area (Å²) >= 11 is 4.85. The van der Waals surface area contributed by atoms with Gasteiger partial charge in [0, 0.05) is 34.3 Å². The van der Waals surface area contributed by atoms with E-state index in [0.717, 1.165) is 26.7 Å². The topological polar surface area (TPSA) is 42.4 Å². The highest BCUT2D eigenvalue weighted by Crippen LogP contribution is 2.25. The van der Waals surface area contributed by atoms with E-state index in [1.54, 1.807) is 0 Å². The third kappa shape index (κ3) is 3.16. The van der Waals surface area contributed by atoms with Crippen LogP contribution in [0.25, 0.3) is 10.9 Å². The molecule has 122 valence electrons. The number of thiophene rings is 1. The Labute approximate surface area is 152 Å². The molecular weight excluding hydrogens is 388 g/mol. The first-order valence-corrected chi connectivity index (χ1v) is 9.42. The number of ether oxygens (including phenoxy) is 1. The highest BCUT2D eigenvalue weighted by Gasteiger charge is 2.29. The van der Waals surface area contributed by atoms with Gasteiger partial charge in [0.25, 0.3) is 5.91 Å². The maximum absolute atomic E-state index is 12.5. The fraction of sp³-hybridized carbons (Fsp3) is 0.222. The van der Waals surface area contributed by atoms with E-state index in [9.17, 15) is 4.79 Å². The number of hydrogen-bond acceptors (Lipinski definition) is 4. The van der Waals surface area contributed by atoms with E-state index in [1.807, 2.05) is 52.7 Å². The average molecular weight is 403 g/mol. The third-order valence-corrected chi connectivity index (χ3v) is 5.75. The quantitative estimate of drug-likeness (QED) is 0.653. The van der Waals surface area contributed by atoms with Gasteiger partial charge in [0.2, 0.25) is 5.88 Å². The zero-order chi connectivity index (χ0) is 16.5. The van der Waals surface area contributed by atoms with E-state index < -0.39 is 0 Å². The summed E-state index contributed by atoms with van der Waals surface area (Å²) in [4.78, 5) is 19.6. The Bertz CT molecular complexity index is 895. The van der Waals surface area contributed by atoms with Crippen molar-refractivity contribution < 1.29 is 9.53 Å². The molecule has 4 nitrogen and oxygen atoms in total. The summed E-state index contributed by atoms with van der Waals surface area (Å²) in [7, 11) is 0. The molecular formula is C18H15BrN2O2S. The minimum absolute atomic E-state index is 0.00832. The van der Waals surface area contributed by atoms with Gasteiger partial charge in [0.05, 0.1) is 16.9 Å². The molecule has 1 amide bonds. The molecule has 0 spiro atoms. The minimum Gasteiger partial charge on any atom is -0.472 e. The molecule has 1 aliphatic heterocycles. The van der Waals surface area contributed by atoms with Gasteiger partial charge in [0.1, 0.15) is 6.10 Å². The van der Waals surface area contributed by atoms with Crippen LogP contribution in [0.2, 0.25) is 0 Å². The lowest BCUT2D eigenvalue weighted by Gasteiger charge is -2.16. The van der Waals surface area contributed by atoms with Gasteiger partial charge in [-0.1, -0.05) is 18.2 Å². The van der Waals surface area contributed by atoms with E-state index >= 15 is 0 Å². The summed E-state index contributed by atoms with van der Waals surface area (Å²) < 4.78 is 6.94. The van der Waals surface area contributed by atoms with Crippen molar-refractivity contribution in [3.8, 4) is 5.88 Å². The van der Waals surface area contributed by atoms with Gasteiger partial charge >= 0.3 is 0 Å². The van der Waals surface area contributed by atoms with Crippen molar-refractivity contribution in [3.63, 3.8) is 0 Å². The Morgan fingerprint density at radius 2 is 2.17 bits per heavy atom. The van der Waals surface area contributed by atoms with Crippen molar-refractivity contribution in [2.24, 2.45) is 0 Å². The first kappa shape index (κ1) is 15.6. The number of rotatable bonds is 3. The summed E-state index contributed by atoms with van der Waals surface area (Å²) in [5.41, 5.74) is 0.921. The van der Waals surface area contributed by atoms with Crippen molar-refractivity contribution in [2.45, 2.75) is 12.5 Å². The molecule has 0 bridgehead atoms. The molecule has 24 heavy (non-hydrogen) atoms. The number of benzene rings is 1. The molecule has 1 aromatic carbocycles. The molecule has 3 aromatic rings. The minimum atomic E-state index is -0.00832. The SMILES string of the molecule is O=C(c1cc(Br)cs1)N1CC[C@H](Oc2ccc3ccccc3n2)C1. The molecule has 6 heteroatoms. The highest BCUT2D eigenvalue weighted by atomic mass is 79.9. The largest absolute Gasteiger partial charge is 0.472 e. The lowest BCUT2D eigenvalue weighted by molar-refractivity contribution is 0.0776. The summed E-state index contributed by atoms with van der Waals surface area (Å²) in [6.07, 6.45) is 0.818. The molecule has 0 radical (unpaired) electrons. The van der Waals surface area contributed by atoms with Crippen LogP contribution in [-0.4, -0.2) is 35.0 Å². The second kappa shape index (κ2) is 6.53. The number of para-hydroxylation sites is 1. The van der Waals surface area contributed by atoms with E-state index in [0.29, 0.717) is 19.0 Å². The number of pyridine rings is 1. The summed E-state index contributed by atoms with van der Waals surface area (Å²) in [6.45, 7) is 1.31. The Morgan fingerprint density at radius 3 is 3.00 bits per heavy atom. The first-order chi connectivity index (χ1) is 11.7. The predicted molar refractivity (Wildman–Crippen MR) is 98.7 cm³/mol. The molecule has 4 rings (SSSR count). The smallest absolute Gasteiger partial charge is 0.264 e. The zero-order valence-electron chi connectivity index (χ0n) is 12.8. The number of halogens is 1. The number of aromatic nitrogens is 1. The maximum atomic E-state index is 12.5. The van der Waals surface area contributed by atoms with Crippen LogP contribution >= 0.6 is 27.3 Å². The highest BCUT2D eigenvalue weighted by molar-refractivity contribution is 9.10. The lowest BCUT2D eigenvalue weighted by Crippen LogP contribution is -2.30. The molecule has 3 heterocycles. The number of amides is 1. The van der Waals surface area contributed by atoms with Crippen LogP contribution in [0, 0.1) is 0 Å². The van der Waals surface area contributed by atoms with Crippen LogP contribution in [0.3, 0.4) is 0 Å². The van der Waals surface area contributed by atoms with Crippen LogP contribution in [0.5, 0.6) is 5.88 Å². The van der Waals surface area contributed by atoms with Crippen LogP contribution in [0.1, 0.15) is 16.1 Å². The molecule has 0 saturated carbocycles. The number of carbonyl (C=O) groups excluding carboxylic acids is 1. The molecule has 1 aliphatic rings. The van der Waals surface area contributed by atoms with Crippen LogP contribution in [-0.2, 0) is 0 Å². The first-order valence-electron chi connectivity index (χ1n) is 7.75. The van der Waals surface area contributed by atoms with Crippen molar-refractivity contribution >= 4 is 44.1 Å². The Morgan fingerprint density at radius 1 is 1.29 bits per heavy atom. The Balaban J connectivity index is 1.43. The lowest BCUT2D eigenvalue weighted by atomic mass is 10.2. The fourth-order valence-corrected chi connectivity index (χ4v) is 4.27. The van der Waals surface area contributed by atoms with Gasteiger partial charge in [-0.05, 0) is 34.1 Å². The summed E-state index contributed by atoms with van der Waals surface area (Å²) in [6, 6.07) is 13.7. The van der Waals surface area contributed by atoms with E-state index in [-0.39, 0.29) is 12.0 Å². The normalized spacial score (nSPS) is 17.4. The van der Waals surface area contributed by atoms with Crippen molar-refractivity contribution in [1.82, 2.24) is 9.88 Å². The van der Waals surface area contributed by atoms with E-state index in [4.69, 9.17) is 4.74 Å². The molecule has 1 atom stereocenters. The zero-order valence-corrected chi connectivity index (χ0v) is 15.2. The van der Waals surface area contributed by atoms with Gasteiger partial charge < -0.3 is 9.64 Å². The predicted octanol–water partition coefficient (Wildman–Crippen LogP) is 4.35. The van der Waals surface area contributed by atoms with E-state index in [1.165, 1.54) is 11.3 Å². The van der Waals surface area contributed by atoms with Gasteiger partial charge in [-0.3, -0.25) is 4.79 Å². The van der Waals surface area contributed by atoms with Gasteiger partial charge in [-0.25, -0.2) is 4.98 Å². The Kier molecular flexibility index (Phi) is 4.24. The van der Waals surface area contributed by atoms with Crippen molar-refractivity contribution in [3.05, 3.63) is 57.2 Å². The number of likely N-dealkylation sites (tertiary alicyclic amines) is 1. The van der Waals surface area contributed by atoms with Crippen LogP contribution in [0.4, 0.5) is 0 Å². The number of fused-ring (bicyclic) bond motifs is 1. The number of nitrogens with zero attached hydrogens (tertiary/aromatic N) is 2. The third-order valence-electron chi connectivity index (χ3n) is 4.07. The number of hydrogen-bond donors (Lipinski definition) is 0. The van der Waals surface area contributed by atoms with E-state index in [2.05, 4.69) is 20.9 Å². The van der Waals surface area contributed by atoms with Crippen molar-refractivity contribution in [1.29, 1.82) is 0 Å². The fourth-order valence-electron chi connectivity index (χ4n) is 2.87. The second-order valence-corrected chi connectivity index (χ2v) is 7.58. The van der Waals surface area contributed by atoms with Crippen LogP contribution in [0.15, 0.2) is 52.3 Å². The van der Waals surface area contributed by atoms with Gasteiger partial charge in [0.15, 0.2) is 0 Å². The standard InChI is InChI=1S/C18H15BrN2O2S/c19-13-9-16(24-11-13)18(22)21-8-7-14(10-21)23-17-6-5-12-3-1-2-4-15(12)20-17/h1-6,9,11,14H,7-8,10H2/t14-/m0/s1. The van der Waals surface area contributed by atoms with Gasteiger partial charge in [-0.15, -0.1) is 11.3 Å². The monoisotopic (exact) mass is 402 g/mol. The Hall–Kier alpha value is -1.92. The maximum Gasteiger partial charge on any atom is 0.264 e. The summed E-state index contributed by atoms with van der Waals surface area (Å²) in [5.74, 6) is 0.690.